The molecule has 4 heterocycles. The first-order chi connectivity index (χ1) is 14.2. The maximum absolute atomic E-state index is 4.92. The van der Waals surface area contributed by atoms with Crippen molar-refractivity contribution in [3.8, 4) is 0 Å². The Bertz CT molecular complexity index is 1120. The van der Waals surface area contributed by atoms with Crippen LogP contribution in [-0.2, 0) is 13.0 Å². The number of anilines is 1. The molecule has 0 atom stereocenters. The van der Waals surface area contributed by atoms with E-state index in [1.54, 1.807) is 11.3 Å². The molecule has 1 aliphatic rings. The van der Waals surface area contributed by atoms with Crippen LogP contribution in [-0.4, -0.2) is 44.5 Å². The number of benzene rings is 1. The van der Waals surface area contributed by atoms with Crippen molar-refractivity contribution < 1.29 is 0 Å². The molecule has 0 amide bonds. The van der Waals surface area contributed by atoms with E-state index in [1.807, 2.05) is 18.2 Å². The summed E-state index contributed by atoms with van der Waals surface area (Å²) in [7, 11) is 0. The molecule has 150 valence electrons. The standard InChI is InChI=1S/C22H26N6S/c1-14-15(2)29-22-20(14)21(26-19(27-22)13-28-11-5-6-12-28)23-10-9-18-24-16-7-3-4-8-17(16)25-18/h3-4,7-8H,5-6,9-13H2,1-2H3,(H,24,25)(H,23,26,27). The maximum atomic E-state index is 4.92. The van der Waals surface area contributed by atoms with E-state index in [0.717, 1.165) is 65.9 Å². The van der Waals surface area contributed by atoms with Crippen LogP contribution in [0.2, 0.25) is 0 Å². The van der Waals surface area contributed by atoms with Gasteiger partial charge in [0.2, 0.25) is 0 Å². The number of aryl methyl sites for hydroxylation is 2. The summed E-state index contributed by atoms with van der Waals surface area (Å²) in [5.74, 6) is 2.88. The molecule has 1 fully saturated rings. The number of imidazole rings is 1. The van der Waals surface area contributed by atoms with Gasteiger partial charge in [0, 0.05) is 17.8 Å². The summed E-state index contributed by atoms with van der Waals surface area (Å²) in [5, 5.41) is 4.75. The van der Waals surface area contributed by atoms with E-state index in [2.05, 4.69) is 40.1 Å². The number of aromatic amines is 1. The summed E-state index contributed by atoms with van der Waals surface area (Å²) in [5.41, 5.74) is 3.39. The van der Waals surface area contributed by atoms with Crippen molar-refractivity contribution in [2.75, 3.05) is 25.0 Å². The van der Waals surface area contributed by atoms with Gasteiger partial charge in [-0.25, -0.2) is 15.0 Å². The maximum Gasteiger partial charge on any atom is 0.146 e. The monoisotopic (exact) mass is 406 g/mol. The Labute approximate surface area is 174 Å². The fourth-order valence-corrected chi connectivity index (χ4v) is 5.10. The number of nitrogens with one attached hydrogen (secondary N) is 2. The predicted molar refractivity (Wildman–Crippen MR) is 120 cm³/mol. The van der Waals surface area contributed by atoms with E-state index in [-0.39, 0.29) is 0 Å². The lowest BCUT2D eigenvalue weighted by Gasteiger charge is -2.15. The Morgan fingerprint density at radius 1 is 1.10 bits per heavy atom. The third-order valence-electron chi connectivity index (χ3n) is 5.73. The average Bonchev–Trinajstić information content (AvgIpc) is 3.42. The van der Waals surface area contributed by atoms with Gasteiger partial charge in [-0.05, 0) is 57.5 Å². The minimum absolute atomic E-state index is 0.781. The molecule has 4 aromatic rings. The molecule has 0 saturated carbocycles. The molecule has 1 aliphatic heterocycles. The first kappa shape index (κ1) is 18.5. The van der Waals surface area contributed by atoms with Crippen LogP contribution in [0.5, 0.6) is 0 Å². The van der Waals surface area contributed by atoms with E-state index in [4.69, 9.17) is 9.97 Å². The van der Waals surface area contributed by atoms with Crippen LogP contribution >= 0.6 is 11.3 Å². The molecule has 2 N–H and O–H groups in total. The molecule has 3 aromatic heterocycles. The number of aromatic nitrogens is 4. The van der Waals surface area contributed by atoms with E-state index in [0.29, 0.717) is 0 Å². The van der Waals surface area contributed by atoms with Crippen LogP contribution in [0, 0.1) is 13.8 Å². The number of fused-ring (bicyclic) bond motifs is 2. The quantitative estimate of drug-likeness (QED) is 0.496. The molecule has 29 heavy (non-hydrogen) atoms. The van der Waals surface area contributed by atoms with E-state index in [9.17, 15) is 0 Å². The molecule has 7 heteroatoms. The lowest BCUT2D eigenvalue weighted by atomic mass is 10.2. The van der Waals surface area contributed by atoms with Crippen molar-refractivity contribution in [3.05, 3.63) is 46.4 Å². The number of thiophene rings is 1. The Kier molecular flexibility index (Phi) is 4.93. The van der Waals surface area contributed by atoms with E-state index < -0.39 is 0 Å². The zero-order valence-corrected chi connectivity index (χ0v) is 17.8. The van der Waals surface area contributed by atoms with Crippen molar-refractivity contribution in [2.24, 2.45) is 0 Å². The van der Waals surface area contributed by atoms with Gasteiger partial charge in [0.1, 0.15) is 22.3 Å². The zero-order valence-electron chi connectivity index (χ0n) is 17.0. The highest BCUT2D eigenvalue weighted by Gasteiger charge is 2.18. The number of hydrogen-bond acceptors (Lipinski definition) is 6. The zero-order chi connectivity index (χ0) is 19.8. The third kappa shape index (κ3) is 3.72. The van der Waals surface area contributed by atoms with Gasteiger partial charge < -0.3 is 10.3 Å². The van der Waals surface area contributed by atoms with E-state index >= 15 is 0 Å². The normalized spacial score (nSPS) is 15.0. The van der Waals surface area contributed by atoms with Gasteiger partial charge in [-0.3, -0.25) is 4.90 Å². The molecular weight excluding hydrogens is 380 g/mol. The lowest BCUT2D eigenvalue weighted by Crippen LogP contribution is -2.20. The predicted octanol–water partition coefficient (Wildman–Crippen LogP) is 4.43. The fraction of sp³-hybridized carbons (Fsp3) is 0.409. The summed E-state index contributed by atoms with van der Waals surface area (Å²) < 4.78 is 0. The Morgan fingerprint density at radius 3 is 2.76 bits per heavy atom. The summed E-state index contributed by atoms with van der Waals surface area (Å²) in [6, 6.07) is 8.16. The van der Waals surface area contributed by atoms with Gasteiger partial charge in [0.15, 0.2) is 0 Å². The van der Waals surface area contributed by atoms with Crippen molar-refractivity contribution >= 4 is 38.4 Å². The summed E-state index contributed by atoms with van der Waals surface area (Å²) >= 11 is 1.77. The lowest BCUT2D eigenvalue weighted by molar-refractivity contribution is 0.323. The van der Waals surface area contributed by atoms with Gasteiger partial charge in [-0.15, -0.1) is 11.3 Å². The van der Waals surface area contributed by atoms with Crippen molar-refractivity contribution in [1.29, 1.82) is 0 Å². The number of likely N-dealkylation sites (tertiary alicyclic amines) is 1. The highest BCUT2D eigenvalue weighted by Crippen LogP contribution is 2.33. The fourth-order valence-electron chi connectivity index (χ4n) is 4.06. The summed E-state index contributed by atoms with van der Waals surface area (Å²) in [6.07, 6.45) is 3.38. The smallest absolute Gasteiger partial charge is 0.146 e. The van der Waals surface area contributed by atoms with Crippen LogP contribution in [0.1, 0.15) is 34.9 Å². The van der Waals surface area contributed by atoms with Crippen LogP contribution in [0.25, 0.3) is 21.3 Å². The van der Waals surface area contributed by atoms with Gasteiger partial charge in [0.25, 0.3) is 0 Å². The number of rotatable bonds is 6. The molecule has 1 saturated heterocycles. The molecular formula is C22H26N6S. The third-order valence-corrected chi connectivity index (χ3v) is 6.83. The second-order valence-electron chi connectivity index (χ2n) is 7.81. The Balaban J connectivity index is 1.38. The molecule has 5 rings (SSSR count). The van der Waals surface area contributed by atoms with Crippen molar-refractivity contribution in [2.45, 2.75) is 39.7 Å². The largest absolute Gasteiger partial charge is 0.369 e. The number of nitrogens with zero attached hydrogens (tertiary/aromatic N) is 4. The number of H-pyrrole nitrogens is 1. The highest BCUT2D eigenvalue weighted by molar-refractivity contribution is 7.18. The van der Waals surface area contributed by atoms with Crippen molar-refractivity contribution in [3.63, 3.8) is 0 Å². The first-order valence-corrected chi connectivity index (χ1v) is 11.2. The topological polar surface area (TPSA) is 69.7 Å². The molecule has 0 unspecified atom stereocenters. The number of hydrogen-bond donors (Lipinski definition) is 2. The van der Waals surface area contributed by atoms with Gasteiger partial charge in [-0.2, -0.15) is 0 Å². The van der Waals surface area contributed by atoms with E-state index in [1.165, 1.54) is 28.7 Å². The minimum atomic E-state index is 0.781. The van der Waals surface area contributed by atoms with Crippen LogP contribution in [0.15, 0.2) is 24.3 Å². The van der Waals surface area contributed by atoms with Gasteiger partial charge in [-0.1, -0.05) is 12.1 Å². The second kappa shape index (κ2) is 7.72. The molecule has 0 bridgehead atoms. The molecule has 0 aliphatic carbocycles. The van der Waals surface area contributed by atoms with Crippen LogP contribution in [0.3, 0.4) is 0 Å². The van der Waals surface area contributed by atoms with Crippen molar-refractivity contribution in [1.82, 2.24) is 24.8 Å². The molecule has 6 nitrogen and oxygen atoms in total. The second-order valence-corrected chi connectivity index (χ2v) is 9.02. The first-order valence-electron chi connectivity index (χ1n) is 10.3. The molecule has 0 radical (unpaired) electrons. The Hall–Kier alpha value is -2.51. The Morgan fingerprint density at radius 2 is 1.93 bits per heavy atom. The van der Waals surface area contributed by atoms with Crippen LogP contribution in [0.4, 0.5) is 5.82 Å². The SMILES string of the molecule is Cc1sc2nc(CN3CCCC3)nc(NCCc3nc4ccccc4[nH]3)c2c1C. The summed E-state index contributed by atoms with van der Waals surface area (Å²) in [4.78, 5) is 22.8. The molecule has 1 aromatic carbocycles. The van der Waals surface area contributed by atoms with Crippen LogP contribution < -0.4 is 5.32 Å². The highest BCUT2D eigenvalue weighted by atomic mass is 32.1. The number of para-hydroxylation sites is 2. The van der Waals surface area contributed by atoms with Gasteiger partial charge >= 0.3 is 0 Å². The average molecular weight is 407 g/mol. The minimum Gasteiger partial charge on any atom is -0.369 e. The summed E-state index contributed by atoms with van der Waals surface area (Å²) in [6.45, 7) is 8.26. The molecule has 0 spiro atoms. The van der Waals surface area contributed by atoms with Gasteiger partial charge in [0.05, 0.1) is 23.0 Å².